The minimum Gasteiger partial charge on any atom is -0.497 e. The molecule has 0 aromatic heterocycles. The average Bonchev–Trinajstić information content (AvgIpc) is 2.62. The number of hydrogen-bond acceptors (Lipinski definition) is 4. The highest BCUT2D eigenvalue weighted by Gasteiger charge is 2.27. The van der Waals surface area contributed by atoms with Gasteiger partial charge in [-0.05, 0) is 31.0 Å². The highest BCUT2D eigenvalue weighted by molar-refractivity contribution is 5.88. The fourth-order valence-electron chi connectivity index (χ4n) is 2.38. The summed E-state index contributed by atoms with van der Waals surface area (Å²) in [5.41, 5.74) is 0.953. The maximum absolute atomic E-state index is 12.6. The summed E-state index contributed by atoms with van der Waals surface area (Å²) in [6, 6.07) is 6.97. The van der Waals surface area contributed by atoms with E-state index in [9.17, 15) is 9.59 Å². The number of nitrogens with one attached hydrogen (secondary N) is 1. The van der Waals surface area contributed by atoms with E-state index in [-0.39, 0.29) is 17.7 Å². The molecule has 0 aliphatic carbocycles. The summed E-state index contributed by atoms with van der Waals surface area (Å²) in [5, 5.41) is 2.86. The van der Waals surface area contributed by atoms with Crippen LogP contribution in [0.3, 0.4) is 0 Å². The largest absolute Gasteiger partial charge is 0.497 e. The van der Waals surface area contributed by atoms with Gasteiger partial charge >= 0.3 is 0 Å². The normalized spacial score (nSPS) is 11.9. The average molecular weight is 350 g/mol. The molecule has 2 amide bonds. The third kappa shape index (κ3) is 6.74. The van der Waals surface area contributed by atoms with Crippen LogP contribution in [0.4, 0.5) is 0 Å². The van der Waals surface area contributed by atoms with Crippen LogP contribution in [0, 0.1) is 5.92 Å². The van der Waals surface area contributed by atoms with Crippen LogP contribution in [0.25, 0.3) is 0 Å². The number of ether oxygens (including phenoxy) is 2. The third-order valence-electron chi connectivity index (χ3n) is 3.96. The molecule has 0 bridgehead atoms. The van der Waals surface area contributed by atoms with Crippen LogP contribution in [0.2, 0.25) is 0 Å². The summed E-state index contributed by atoms with van der Waals surface area (Å²) in [5.74, 6) is 0.380. The molecule has 1 aromatic rings. The van der Waals surface area contributed by atoms with Crippen molar-refractivity contribution in [1.82, 2.24) is 10.2 Å². The molecular weight excluding hydrogens is 320 g/mol. The molecule has 1 N–H and O–H groups in total. The van der Waals surface area contributed by atoms with Gasteiger partial charge in [-0.2, -0.15) is 0 Å². The molecule has 1 atom stereocenters. The molecule has 25 heavy (non-hydrogen) atoms. The fraction of sp³-hybridized carbons (Fsp3) is 0.579. The van der Waals surface area contributed by atoms with Crippen molar-refractivity contribution >= 4 is 11.8 Å². The molecule has 0 fully saturated rings. The Morgan fingerprint density at radius 3 is 2.28 bits per heavy atom. The molecule has 0 radical (unpaired) electrons. The van der Waals surface area contributed by atoms with E-state index in [4.69, 9.17) is 9.47 Å². The molecule has 0 heterocycles. The van der Waals surface area contributed by atoms with E-state index >= 15 is 0 Å². The lowest BCUT2D eigenvalue weighted by Gasteiger charge is -2.30. The first-order valence-corrected chi connectivity index (χ1v) is 8.60. The maximum Gasteiger partial charge on any atom is 0.242 e. The summed E-state index contributed by atoms with van der Waals surface area (Å²) < 4.78 is 10.1. The zero-order chi connectivity index (χ0) is 18.8. The number of methoxy groups -OCH3 is 2. The monoisotopic (exact) mass is 350 g/mol. The summed E-state index contributed by atoms with van der Waals surface area (Å²) in [4.78, 5) is 26.6. The summed E-state index contributed by atoms with van der Waals surface area (Å²) >= 11 is 0. The van der Waals surface area contributed by atoms with Gasteiger partial charge in [-0.25, -0.2) is 0 Å². The van der Waals surface area contributed by atoms with Gasteiger partial charge in [-0.15, -0.1) is 0 Å². The van der Waals surface area contributed by atoms with Gasteiger partial charge in [0.25, 0.3) is 0 Å². The lowest BCUT2D eigenvalue weighted by molar-refractivity contribution is -0.143. The van der Waals surface area contributed by atoms with Gasteiger partial charge < -0.3 is 19.7 Å². The van der Waals surface area contributed by atoms with Gasteiger partial charge in [0, 0.05) is 32.7 Å². The van der Waals surface area contributed by atoms with Crippen molar-refractivity contribution in [1.29, 1.82) is 0 Å². The molecule has 0 unspecified atom stereocenters. The molecule has 6 heteroatoms. The highest BCUT2D eigenvalue weighted by atomic mass is 16.5. The van der Waals surface area contributed by atoms with Crippen LogP contribution >= 0.6 is 0 Å². The van der Waals surface area contributed by atoms with Gasteiger partial charge in [-0.1, -0.05) is 26.0 Å². The van der Waals surface area contributed by atoms with Crippen LogP contribution in [0.1, 0.15) is 32.8 Å². The second-order valence-corrected chi connectivity index (χ2v) is 6.28. The Hall–Kier alpha value is -2.08. The van der Waals surface area contributed by atoms with Crippen molar-refractivity contribution in [3.05, 3.63) is 29.8 Å². The highest BCUT2D eigenvalue weighted by Crippen LogP contribution is 2.16. The van der Waals surface area contributed by atoms with Crippen molar-refractivity contribution in [3.8, 4) is 5.75 Å². The van der Waals surface area contributed by atoms with Crippen LogP contribution in [-0.4, -0.2) is 50.1 Å². The first-order valence-electron chi connectivity index (χ1n) is 8.60. The molecule has 0 saturated carbocycles. The second-order valence-electron chi connectivity index (χ2n) is 6.28. The Kier molecular flexibility index (Phi) is 8.99. The van der Waals surface area contributed by atoms with E-state index in [0.717, 1.165) is 17.7 Å². The lowest BCUT2D eigenvalue weighted by Crippen LogP contribution is -2.49. The topological polar surface area (TPSA) is 67.9 Å². The van der Waals surface area contributed by atoms with Gasteiger partial charge in [0.15, 0.2) is 0 Å². The van der Waals surface area contributed by atoms with E-state index in [1.165, 1.54) is 0 Å². The lowest BCUT2D eigenvalue weighted by atomic mass is 10.1. The van der Waals surface area contributed by atoms with E-state index in [2.05, 4.69) is 5.32 Å². The maximum atomic E-state index is 12.6. The number of benzene rings is 1. The number of rotatable bonds is 10. The van der Waals surface area contributed by atoms with Crippen LogP contribution < -0.4 is 10.1 Å². The van der Waals surface area contributed by atoms with Crippen LogP contribution in [-0.2, 0) is 20.9 Å². The Morgan fingerprint density at radius 1 is 1.12 bits per heavy atom. The Morgan fingerprint density at radius 2 is 1.76 bits per heavy atom. The number of carbonyl (C=O) groups is 2. The zero-order valence-corrected chi connectivity index (χ0v) is 15.9. The number of hydrogen-bond donors (Lipinski definition) is 1. The predicted octanol–water partition coefficient (Wildman–Crippen LogP) is 2.22. The van der Waals surface area contributed by atoms with Crippen molar-refractivity contribution in [2.45, 2.75) is 39.8 Å². The molecule has 0 aliphatic heterocycles. The van der Waals surface area contributed by atoms with Crippen LogP contribution in [0.15, 0.2) is 24.3 Å². The van der Waals surface area contributed by atoms with Gasteiger partial charge in [0.2, 0.25) is 11.8 Å². The molecular formula is C19H30N2O4. The summed E-state index contributed by atoms with van der Waals surface area (Å²) in [6.45, 7) is 6.95. The Balaban J connectivity index is 2.80. The van der Waals surface area contributed by atoms with E-state index in [0.29, 0.717) is 19.7 Å². The van der Waals surface area contributed by atoms with Crippen molar-refractivity contribution in [2.24, 2.45) is 5.92 Å². The molecule has 0 spiro atoms. The Bertz CT molecular complexity index is 543. The number of nitrogens with zero attached hydrogens (tertiary/aromatic N) is 1. The SMILES string of the molecule is COCCCNC(=O)[C@@H](C)N(Cc1ccc(OC)cc1)C(=O)C(C)C. The minimum atomic E-state index is -0.542. The van der Waals surface area contributed by atoms with E-state index in [1.807, 2.05) is 38.1 Å². The van der Waals surface area contributed by atoms with E-state index < -0.39 is 6.04 Å². The first kappa shape index (κ1) is 21.0. The molecule has 1 rings (SSSR count). The molecule has 0 aliphatic rings. The minimum absolute atomic E-state index is 0.0460. The number of carbonyl (C=O) groups excluding carboxylic acids is 2. The number of amides is 2. The van der Waals surface area contributed by atoms with Gasteiger partial charge in [0.05, 0.1) is 7.11 Å². The van der Waals surface area contributed by atoms with Crippen molar-refractivity contribution < 1.29 is 19.1 Å². The zero-order valence-electron chi connectivity index (χ0n) is 15.9. The third-order valence-corrected chi connectivity index (χ3v) is 3.96. The second kappa shape index (κ2) is 10.7. The Labute approximate surface area is 150 Å². The smallest absolute Gasteiger partial charge is 0.242 e. The molecule has 1 aromatic carbocycles. The molecule has 140 valence electrons. The summed E-state index contributed by atoms with van der Waals surface area (Å²) in [7, 11) is 3.24. The van der Waals surface area contributed by atoms with E-state index in [1.54, 1.807) is 26.0 Å². The predicted molar refractivity (Wildman–Crippen MR) is 97.3 cm³/mol. The standard InChI is InChI=1S/C19H30N2O4/c1-14(2)19(23)21(13-16-7-9-17(25-5)10-8-16)15(3)18(22)20-11-6-12-24-4/h7-10,14-15H,6,11-13H2,1-5H3,(H,20,22)/t15-/m1/s1. The first-order chi connectivity index (χ1) is 11.9. The summed E-state index contributed by atoms with van der Waals surface area (Å²) in [6.07, 6.45) is 0.742. The fourth-order valence-corrected chi connectivity index (χ4v) is 2.38. The van der Waals surface area contributed by atoms with Gasteiger partial charge in [-0.3, -0.25) is 9.59 Å². The van der Waals surface area contributed by atoms with Gasteiger partial charge in [0.1, 0.15) is 11.8 Å². The molecule has 0 saturated heterocycles. The van der Waals surface area contributed by atoms with Crippen molar-refractivity contribution in [2.75, 3.05) is 27.4 Å². The molecule has 6 nitrogen and oxygen atoms in total. The quantitative estimate of drug-likeness (QED) is 0.657. The van der Waals surface area contributed by atoms with Crippen molar-refractivity contribution in [3.63, 3.8) is 0 Å². The van der Waals surface area contributed by atoms with Crippen LogP contribution in [0.5, 0.6) is 5.75 Å².